The SMILES string of the molecule is C[C@@H]1CC[C@@H](C(=O)Nc2cc(-c3ccc(F)c(NCC4CCOCC4)n3)c(Cl)cn2)CN1. The minimum Gasteiger partial charge on any atom is -0.381 e. The van der Waals surface area contributed by atoms with Crippen LogP contribution in [0.1, 0.15) is 32.6 Å². The van der Waals surface area contributed by atoms with Gasteiger partial charge in [0.1, 0.15) is 5.82 Å². The molecule has 3 N–H and O–H groups in total. The van der Waals surface area contributed by atoms with Crippen molar-refractivity contribution in [1.82, 2.24) is 15.3 Å². The molecule has 2 saturated heterocycles. The van der Waals surface area contributed by atoms with Crippen LogP contribution in [0.15, 0.2) is 24.4 Å². The average Bonchev–Trinajstić information content (AvgIpc) is 2.81. The number of halogens is 2. The zero-order valence-corrected chi connectivity index (χ0v) is 18.9. The van der Waals surface area contributed by atoms with E-state index in [1.54, 1.807) is 12.1 Å². The van der Waals surface area contributed by atoms with Gasteiger partial charge in [-0.3, -0.25) is 4.79 Å². The molecule has 32 heavy (non-hydrogen) atoms. The van der Waals surface area contributed by atoms with Crippen molar-refractivity contribution in [1.29, 1.82) is 0 Å². The highest BCUT2D eigenvalue weighted by Gasteiger charge is 2.24. The van der Waals surface area contributed by atoms with Gasteiger partial charge < -0.3 is 20.7 Å². The van der Waals surface area contributed by atoms with Crippen molar-refractivity contribution in [3.63, 3.8) is 0 Å². The van der Waals surface area contributed by atoms with Crippen molar-refractivity contribution >= 4 is 29.1 Å². The highest BCUT2D eigenvalue weighted by atomic mass is 35.5. The molecule has 7 nitrogen and oxygen atoms in total. The Kier molecular flexibility index (Phi) is 7.55. The van der Waals surface area contributed by atoms with E-state index in [-0.39, 0.29) is 17.6 Å². The second kappa shape index (κ2) is 10.6. The average molecular weight is 462 g/mol. The van der Waals surface area contributed by atoms with Gasteiger partial charge in [-0.2, -0.15) is 0 Å². The summed E-state index contributed by atoms with van der Waals surface area (Å²) in [5.74, 6) is 0.426. The summed E-state index contributed by atoms with van der Waals surface area (Å²) in [6.07, 6.45) is 5.17. The number of nitrogens with one attached hydrogen (secondary N) is 3. The monoisotopic (exact) mass is 461 g/mol. The number of rotatable bonds is 6. The molecule has 0 aromatic carbocycles. The third kappa shape index (κ3) is 5.74. The fraction of sp³-hybridized carbons (Fsp3) is 0.522. The van der Waals surface area contributed by atoms with E-state index in [0.717, 1.165) is 38.9 Å². The van der Waals surface area contributed by atoms with Gasteiger partial charge in [0.25, 0.3) is 0 Å². The number of amides is 1. The topological polar surface area (TPSA) is 88.2 Å². The number of carbonyl (C=O) groups is 1. The van der Waals surface area contributed by atoms with E-state index < -0.39 is 5.82 Å². The van der Waals surface area contributed by atoms with Crippen LogP contribution in [0.3, 0.4) is 0 Å². The first-order valence-corrected chi connectivity index (χ1v) is 11.6. The second-order valence-corrected chi connectivity index (χ2v) is 8.99. The lowest BCUT2D eigenvalue weighted by Crippen LogP contribution is -2.41. The zero-order chi connectivity index (χ0) is 22.5. The van der Waals surface area contributed by atoms with Crippen molar-refractivity contribution < 1.29 is 13.9 Å². The molecular formula is C23H29ClFN5O2. The Labute approximate surface area is 192 Å². The molecule has 2 fully saturated rings. The molecule has 1 amide bonds. The number of anilines is 2. The number of piperidine rings is 1. The van der Waals surface area contributed by atoms with Crippen LogP contribution in [0.4, 0.5) is 16.0 Å². The van der Waals surface area contributed by atoms with Crippen molar-refractivity contribution in [3.05, 3.63) is 35.2 Å². The smallest absolute Gasteiger partial charge is 0.229 e. The Bertz CT molecular complexity index is 946. The highest BCUT2D eigenvalue weighted by Crippen LogP contribution is 2.30. The fourth-order valence-corrected chi connectivity index (χ4v) is 4.26. The molecule has 2 aromatic rings. The van der Waals surface area contributed by atoms with Gasteiger partial charge in [0, 0.05) is 44.1 Å². The molecular weight excluding hydrogens is 433 g/mol. The lowest BCUT2D eigenvalue weighted by Gasteiger charge is -2.26. The van der Waals surface area contributed by atoms with Gasteiger partial charge in [-0.25, -0.2) is 14.4 Å². The van der Waals surface area contributed by atoms with Crippen LogP contribution in [0, 0.1) is 17.7 Å². The molecule has 2 atom stereocenters. The zero-order valence-electron chi connectivity index (χ0n) is 18.2. The van der Waals surface area contributed by atoms with E-state index in [9.17, 15) is 9.18 Å². The Morgan fingerprint density at radius 2 is 2.09 bits per heavy atom. The van der Waals surface area contributed by atoms with Gasteiger partial charge in [-0.05, 0) is 56.7 Å². The molecule has 2 aliphatic rings. The van der Waals surface area contributed by atoms with Gasteiger partial charge >= 0.3 is 0 Å². The summed E-state index contributed by atoms with van der Waals surface area (Å²) in [6, 6.07) is 5.06. The molecule has 0 aliphatic carbocycles. The van der Waals surface area contributed by atoms with E-state index in [2.05, 4.69) is 32.8 Å². The summed E-state index contributed by atoms with van der Waals surface area (Å²) in [5, 5.41) is 9.72. The van der Waals surface area contributed by atoms with Crippen molar-refractivity contribution in [2.75, 3.05) is 36.9 Å². The van der Waals surface area contributed by atoms with Crippen LogP contribution in [-0.4, -0.2) is 48.2 Å². The first kappa shape index (κ1) is 22.9. The highest BCUT2D eigenvalue weighted by molar-refractivity contribution is 6.33. The number of pyridine rings is 2. The summed E-state index contributed by atoms with van der Waals surface area (Å²) < 4.78 is 19.7. The molecule has 172 valence electrons. The predicted molar refractivity (Wildman–Crippen MR) is 123 cm³/mol. The largest absolute Gasteiger partial charge is 0.381 e. The molecule has 2 aromatic heterocycles. The first-order valence-electron chi connectivity index (χ1n) is 11.2. The van der Waals surface area contributed by atoms with Crippen LogP contribution in [0.5, 0.6) is 0 Å². The summed E-state index contributed by atoms with van der Waals surface area (Å²) in [4.78, 5) is 21.3. The molecule has 0 saturated carbocycles. The standard InChI is InChI=1S/C23H29ClFN5O2/c1-14-2-3-16(12-26-14)23(31)30-21-10-17(18(24)13-27-21)20-5-4-19(25)22(29-20)28-11-15-6-8-32-9-7-15/h4-5,10,13-16,26H,2-3,6-9,11-12H2,1H3,(H,28,29)(H,27,30,31)/t14-,16-/m1/s1. The minimum absolute atomic E-state index is 0.0731. The van der Waals surface area contributed by atoms with E-state index in [1.165, 1.54) is 12.3 Å². The maximum Gasteiger partial charge on any atom is 0.229 e. The quantitative estimate of drug-likeness (QED) is 0.600. The Morgan fingerprint density at radius 3 is 2.84 bits per heavy atom. The lowest BCUT2D eigenvalue weighted by molar-refractivity contribution is -0.120. The van der Waals surface area contributed by atoms with E-state index in [4.69, 9.17) is 16.3 Å². The van der Waals surface area contributed by atoms with Gasteiger partial charge in [-0.15, -0.1) is 0 Å². The molecule has 2 aliphatic heterocycles. The normalized spacial score (nSPS) is 21.8. The first-order chi connectivity index (χ1) is 15.5. The number of hydrogen-bond donors (Lipinski definition) is 3. The maximum absolute atomic E-state index is 14.4. The van der Waals surface area contributed by atoms with Crippen LogP contribution in [0.2, 0.25) is 5.02 Å². The second-order valence-electron chi connectivity index (χ2n) is 8.59. The predicted octanol–water partition coefficient (Wildman–Crippen LogP) is 4.10. The molecule has 0 bridgehead atoms. The fourth-order valence-electron chi connectivity index (χ4n) is 4.06. The third-order valence-corrected chi connectivity index (χ3v) is 6.46. The summed E-state index contributed by atoms with van der Waals surface area (Å²) in [7, 11) is 0. The summed E-state index contributed by atoms with van der Waals surface area (Å²) in [6.45, 7) is 4.87. The van der Waals surface area contributed by atoms with Gasteiger partial charge in [0.15, 0.2) is 11.6 Å². The van der Waals surface area contributed by atoms with E-state index >= 15 is 0 Å². The van der Waals surface area contributed by atoms with Crippen LogP contribution in [0.25, 0.3) is 11.3 Å². The van der Waals surface area contributed by atoms with Gasteiger partial charge in [0.2, 0.25) is 5.91 Å². The molecule has 0 radical (unpaired) electrons. The number of carbonyl (C=O) groups excluding carboxylic acids is 1. The number of nitrogens with zero attached hydrogens (tertiary/aromatic N) is 2. The molecule has 0 spiro atoms. The number of ether oxygens (including phenoxy) is 1. The van der Waals surface area contributed by atoms with Crippen molar-refractivity contribution in [2.45, 2.75) is 38.6 Å². The summed E-state index contributed by atoms with van der Waals surface area (Å²) >= 11 is 6.37. The third-order valence-electron chi connectivity index (χ3n) is 6.16. The maximum atomic E-state index is 14.4. The van der Waals surface area contributed by atoms with E-state index in [1.807, 2.05) is 0 Å². The van der Waals surface area contributed by atoms with Crippen molar-refractivity contribution in [3.8, 4) is 11.3 Å². The molecule has 9 heteroatoms. The van der Waals surface area contributed by atoms with E-state index in [0.29, 0.717) is 47.1 Å². The van der Waals surface area contributed by atoms with Crippen LogP contribution < -0.4 is 16.0 Å². The Morgan fingerprint density at radius 1 is 1.28 bits per heavy atom. The van der Waals surface area contributed by atoms with Crippen LogP contribution >= 0.6 is 11.6 Å². The Hall–Kier alpha value is -2.29. The van der Waals surface area contributed by atoms with Gasteiger partial charge in [0.05, 0.1) is 16.6 Å². The lowest BCUT2D eigenvalue weighted by atomic mass is 9.95. The van der Waals surface area contributed by atoms with Crippen molar-refractivity contribution in [2.24, 2.45) is 11.8 Å². The molecule has 0 unspecified atom stereocenters. The van der Waals surface area contributed by atoms with Crippen LogP contribution in [-0.2, 0) is 9.53 Å². The minimum atomic E-state index is -0.418. The number of hydrogen-bond acceptors (Lipinski definition) is 6. The van der Waals surface area contributed by atoms with Gasteiger partial charge in [-0.1, -0.05) is 11.6 Å². The summed E-state index contributed by atoms with van der Waals surface area (Å²) in [5.41, 5.74) is 1.10. The molecule has 4 heterocycles. The molecule has 4 rings (SSSR count). The number of aromatic nitrogens is 2. The Balaban J connectivity index is 1.47.